The van der Waals surface area contributed by atoms with Gasteiger partial charge in [0.15, 0.2) is 0 Å². The van der Waals surface area contributed by atoms with Crippen LogP contribution in [0.4, 0.5) is 4.39 Å². The highest BCUT2D eigenvalue weighted by Crippen LogP contribution is 2.35. The van der Waals surface area contributed by atoms with Crippen molar-refractivity contribution in [2.45, 2.75) is 38.6 Å². The van der Waals surface area contributed by atoms with Crippen LogP contribution in [0.2, 0.25) is 0 Å². The third-order valence-corrected chi connectivity index (χ3v) is 4.08. The fourth-order valence-corrected chi connectivity index (χ4v) is 2.75. The standard InChI is InChI=1S/C14H19BrFN/c1-2-17-14(8-10-4-3-5-10)12-7-6-11(15)9-13(12)16/h6-7,9-10,14,17H,2-5,8H2,1H3. The number of nitrogens with one attached hydrogen (secondary N) is 1. The Hall–Kier alpha value is -0.410. The molecule has 0 bridgehead atoms. The zero-order chi connectivity index (χ0) is 12.3. The van der Waals surface area contributed by atoms with Crippen molar-refractivity contribution in [2.24, 2.45) is 5.92 Å². The fourth-order valence-electron chi connectivity index (χ4n) is 2.41. The van der Waals surface area contributed by atoms with Gasteiger partial charge in [0.1, 0.15) is 5.82 Å². The average Bonchev–Trinajstić information content (AvgIpc) is 2.22. The van der Waals surface area contributed by atoms with Crippen LogP contribution in [0.1, 0.15) is 44.2 Å². The summed E-state index contributed by atoms with van der Waals surface area (Å²) >= 11 is 3.30. The molecule has 1 unspecified atom stereocenters. The number of benzene rings is 1. The molecular weight excluding hydrogens is 281 g/mol. The second kappa shape index (κ2) is 5.96. The van der Waals surface area contributed by atoms with E-state index < -0.39 is 0 Å². The van der Waals surface area contributed by atoms with Gasteiger partial charge >= 0.3 is 0 Å². The molecule has 1 fully saturated rings. The first-order valence-electron chi connectivity index (χ1n) is 6.39. The smallest absolute Gasteiger partial charge is 0.129 e. The quantitative estimate of drug-likeness (QED) is 0.848. The highest BCUT2D eigenvalue weighted by molar-refractivity contribution is 9.10. The first kappa shape index (κ1) is 13.0. The van der Waals surface area contributed by atoms with E-state index in [1.165, 1.54) is 19.3 Å². The van der Waals surface area contributed by atoms with E-state index in [1.807, 2.05) is 12.1 Å². The molecule has 1 N–H and O–H groups in total. The molecule has 0 radical (unpaired) electrons. The van der Waals surface area contributed by atoms with Crippen molar-refractivity contribution >= 4 is 15.9 Å². The minimum atomic E-state index is -0.107. The highest BCUT2D eigenvalue weighted by Gasteiger charge is 2.24. The third kappa shape index (κ3) is 3.29. The van der Waals surface area contributed by atoms with Gasteiger partial charge in [-0.15, -0.1) is 0 Å². The van der Waals surface area contributed by atoms with Crippen molar-refractivity contribution in [1.82, 2.24) is 5.32 Å². The van der Waals surface area contributed by atoms with Gasteiger partial charge in [-0.3, -0.25) is 0 Å². The molecular formula is C14H19BrFN. The van der Waals surface area contributed by atoms with Crippen LogP contribution in [-0.2, 0) is 0 Å². The molecule has 1 aromatic carbocycles. The molecule has 2 rings (SSSR count). The summed E-state index contributed by atoms with van der Waals surface area (Å²) in [4.78, 5) is 0. The van der Waals surface area contributed by atoms with Crippen molar-refractivity contribution < 1.29 is 4.39 Å². The van der Waals surface area contributed by atoms with E-state index in [9.17, 15) is 4.39 Å². The summed E-state index contributed by atoms with van der Waals surface area (Å²) in [6.07, 6.45) is 5.01. The lowest BCUT2D eigenvalue weighted by Crippen LogP contribution is -2.26. The predicted octanol–water partition coefficient (Wildman–Crippen LogP) is 4.43. The molecule has 1 atom stereocenters. The Morgan fingerprint density at radius 2 is 2.24 bits per heavy atom. The zero-order valence-corrected chi connectivity index (χ0v) is 11.8. The number of rotatable bonds is 5. The monoisotopic (exact) mass is 299 g/mol. The molecule has 1 aliphatic rings. The molecule has 1 nitrogen and oxygen atoms in total. The lowest BCUT2D eigenvalue weighted by Gasteiger charge is -2.30. The largest absolute Gasteiger partial charge is 0.310 e. The third-order valence-electron chi connectivity index (χ3n) is 3.58. The van der Waals surface area contributed by atoms with E-state index in [2.05, 4.69) is 28.2 Å². The van der Waals surface area contributed by atoms with Crippen LogP contribution in [-0.4, -0.2) is 6.54 Å². The predicted molar refractivity (Wildman–Crippen MR) is 72.5 cm³/mol. The molecule has 0 amide bonds. The van der Waals surface area contributed by atoms with Gasteiger partial charge in [0.05, 0.1) is 0 Å². The molecule has 1 aromatic rings. The van der Waals surface area contributed by atoms with E-state index in [0.717, 1.165) is 28.9 Å². The van der Waals surface area contributed by atoms with Crippen LogP contribution in [0.15, 0.2) is 22.7 Å². The van der Waals surface area contributed by atoms with Gasteiger partial charge in [-0.25, -0.2) is 4.39 Å². The maximum absolute atomic E-state index is 13.9. The molecule has 0 heterocycles. The van der Waals surface area contributed by atoms with E-state index >= 15 is 0 Å². The average molecular weight is 300 g/mol. The van der Waals surface area contributed by atoms with Crippen molar-refractivity contribution in [1.29, 1.82) is 0 Å². The Bertz CT molecular complexity index is 376. The van der Waals surface area contributed by atoms with Gasteiger partial charge < -0.3 is 5.32 Å². The minimum absolute atomic E-state index is 0.107. The molecule has 94 valence electrons. The van der Waals surface area contributed by atoms with Crippen molar-refractivity contribution in [2.75, 3.05) is 6.54 Å². The van der Waals surface area contributed by atoms with E-state index in [1.54, 1.807) is 6.07 Å². The molecule has 0 spiro atoms. The maximum Gasteiger partial charge on any atom is 0.129 e. The fraction of sp³-hybridized carbons (Fsp3) is 0.571. The summed E-state index contributed by atoms with van der Waals surface area (Å²) in [6.45, 7) is 2.96. The highest BCUT2D eigenvalue weighted by atomic mass is 79.9. The van der Waals surface area contributed by atoms with Gasteiger partial charge in [-0.2, -0.15) is 0 Å². The lowest BCUT2D eigenvalue weighted by atomic mass is 9.79. The SMILES string of the molecule is CCNC(CC1CCC1)c1ccc(Br)cc1F. The zero-order valence-electron chi connectivity index (χ0n) is 10.2. The lowest BCUT2D eigenvalue weighted by molar-refractivity contribution is 0.260. The second-order valence-corrected chi connectivity index (χ2v) is 5.72. The molecule has 17 heavy (non-hydrogen) atoms. The van der Waals surface area contributed by atoms with E-state index in [-0.39, 0.29) is 11.9 Å². The topological polar surface area (TPSA) is 12.0 Å². The van der Waals surface area contributed by atoms with Gasteiger partial charge in [0.25, 0.3) is 0 Å². The molecule has 1 aliphatic carbocycles. The molecule has 1 saturated carbocycles. The summed E-state index contributed by atoms with van der Waals surface area (Å²) in [5, 5.41) is 3.40. The van der Waals surface area contributed by atoms with Gasteiger partial charge in [0, 0.05) is 16.1 Å². The number of halogens is 2. The van der Waals surface area contributed by atoms with Gasteiger partial charge in [-0.05, 0) is 31.0 Å². The van der Waals surface area contributed by atoms with E-state index in [0.29, 0.717) is 0 Å². The van der Waals surface area contributed by atoms with Crippen LogP contribution < -0.4 is 5.32 Å². The maximum atomic E-state index is 13.9. The minimum Gasteiger partial charge on any atom is -0.310 e. The summed E-state index contributed by atoms with van der Waals surface area (Å²) in [5.41, 5.74) is 0.807. The summed E-state index contributed by atoms with van der Waals surface area (Å²) < 4.78 is 14.7. The van der Waals surface area contributed by atoms with E-state index in [4.69, 9.17) is 0 Å². The van der Waals surface area contributed by atoms with Crippen molar-refractivity contribution in [3.8, 4) is 0 Å². The Morgan fingerprint density at radius 3 is 2.76 bits per heavy atom. The normalized spacial score (nSPS) is 17.8. The van der Waals surface area contributed by atoms with Crippen LogP contribution in [0, 0.1) is 11.7 Å². The second-order valence-electron chi connectivity index (χ2n) is 4.81. The van der Waals surface area contributed by atoms with Crippen LogP contribution in [0.5, 0.6) is 0 Å². The summed E-state index contributed by atoms with van der Waals surface area (Å²) in [6, 6.07) is 5.54. The Kier molecular flexibility index (Phi) is 4.57. The Labute approximate surface area is 111 Å². The Morgan fingerprint density at radius 1 is 1.47 bits per heavy atom. The molecule has 3 heteroatoms. The van der Waals surface area contributed by atoms with Crippen molar-refractivity contribution in [3.05, 3.63) is 34.1 Å². The Balaban J connectivity index is 2.12. The van der Waals surface area contributed by atoms with Crippen LogP contribution in [0.3, 0.4) is 0 Å². The van der Waals surface area contributed by atoms with Crippen LogP contribution >= 0.6 is 15.9 Å². The number of hydrogen-bond donors (Lipinski definition) is 1. The number of hydrogen-bond acceptors (Lipinski definition) is 1. The van der Waals surface area contributed by atoms with Gasteiger partial charge in [0.2, 0.25) is 0 Å². The summed E-state index contributed by atoms with van der Waals surface area (Å²) in [5.74, 6) is 0.673. The first-order chi connectivity index (χ1) is 8.20. The molecule has 0 aliphatic heterocycles. The van der Waals surface area contributed by atoms with Crippen LogP contribution in [0.25, 0.3) is 0 Å². The van der Waals surface area contributed by atoms with Crippen molar-refractivity contribution in [3.63, 3.8) is 0 Å². The van der Waals surface area contributed by atoms with Gasteiger partial charge in [-0.1, -0.05) is 48.2 Å². The first-order valence-corrected chi connectivity index (χ1v) is 7.18. The molecule has 0 aromatic heterocycles. The molecule has 0 saturated heterocycles. The summed E-state index contributed by atoms with van der Waals surface area (Å²) in [7, 11) is 0.